The molecule has 0 aliphatic rings. The van der Waals surface area contributed by atoms with Crippen molar-refractivity contribution in [2.45, 2.75) is 187 Å². The van der Waals surface area contributed by atoms with Gasteiger partial charge in [0.25, 0.3) is 0 Å². The number of rotatable bonds is 37. The largest absolute Gasteiger partial charge is 0.394 e. The minimum atomic E-state index is -0.866. The standard InChI is InChI=1S/C49H81NO3/c1-3-5-7-9-11-13-14-15-16-17-18-19-20-21-22-23-24-25-26-27-28-29-30-31-32-33-34-35-36-37-39-41-43-45-49(53)50-47(46-51)48(52)44-42-40-38-12-10-8-6-4-2/h5,7,10-13,15-16,18-19,21-22,24-25,27-28,42,44,47-48,51-52H,3-4,6,8-9,14,17,20,23,26,29-41,43,45-46H2,1-2H3,(H,50,53)/b7-5-,12-10+,13-11-,16-15-,19-18-,22-21-,25-24-,28-27-,44-42+. The molecule has 0 rings (SSSR count). The van der Waals surface area contributed by atoms with E-state index in [1.165, 1.54) is 77.0 Å². The van der Waals surface area contributed by atoms with Gasteiger partial charge < -0.3 is 15.5 Å². The molecule has 0 heterocycles. The summed E-state index contributed by atoms with van der Waals surface area (Å²) in [6.07, 6.45) is 66.4. The van der Waals surface area contributed by atoms with E-state index in [0.29, 0.717) is 6.42 Å². The summed E-state index contributed by atoms with van der Waals surface area (Å²) in [5, 5.41) is 22.8. The normalized spacial score (nSPS) is 14.1. The minimum absolute atomic E-state index is 0.0873. The molecule has 0 aromatic heterocycles. The molecule has 1 amide bonds. The molecule has 0 aliphatic carbocycles. The molecule has 0 radical (unpaired) electrons. The van der Waals surface area contributed by atoms with Crippen molar-refractivity contribution in [3.8, 4) is 0 Å². The number of unbranched alkanes of at least 4 members (excludes halogenated alkanes) is 14. The number of allylic oxidation sites excluding steroid dienone is 17. The third-order valence-corrected chi connectivity index (χ3v) is 8.99. The summed E-state index contributed by atoms with van der Waals surface area (Å²) in [5.41, 5.74) is 0. The highest BCUT2D eigenvalue weighted by molar-refractivity contribution is 5.76. The lowest BCUT2D eigenvalue weighted by atomic mass is 10.0. The Morgan fingerprint density at radius 1 is 0.472 bits per heavy atom. The minimum Gasteiger partial charge on any atom is -0.394 e. The second kappa shape index (κ2) is 43.5. The molecule has 0 saturated heterocycles. The smallest absolute Gasteiger partial charge is 0.220 e. The van der Waals surface area contributed by atoms with Crippen LogP contribution in [0.25, 0.3) is 0 Å². The van der Waals surface area contributed by atoms with Gasteiger partial charge in [-0.3, -0.25) is 4.79 Å². The summed E-state index contributed by atoms with van der Waals surface area (Å²) < 4.78 is 0. The van der Waals surface area contributed by atoms with Gasteiger partial charge in [-0.2, -0.15) is 0 Å². The Hall–Kier alpha value is -2.95. The molecule has 53 heavy (non-hydrogen) atoms. The van der Waals surface area contributed by atoms with Crippen molar-refractivity contribution >= 4 is 5.91 Å². The first kappa shape index (κ1) is 50.1. The van der Waals surface area contributed by atoms with E-state index in [9.17, 15) is 15.0 Å². The predicted octanol–water partition coefficient (Wildman–Crippen LogP) is 13.6. The quantitative estimate of drug-likeness (QED) is 0.0440. The molecule has 0 aliphatic heterocycles. The Kier molecular flexibility index (Phi) is 41.0. The maximum Gasteiger partial charge on any atom is 0.220 e. The molecule has 4 heteroatoms. The van der Waals surface area contributed by atoms with Gasteiger partial charge in [0.1, 0.15) is 0 Å². The van der Waals surface area contributed by atoms with Crippen LogP contribution in [0.4, 0.5) is 0 Å². The topological polar surface area (TPSA) is 69.6 Å². The fraction of sp³-hybridized carbons (Fsp3) is 0.612. The summed E-state index contributed by atoms with van der Waals surface area (Å²) in [6, 6.07) is -0.644. The third kappa shape index (κ3) is 40.1. The van der Waals surface area contributed by atoms with Gasteiger partial charge in [-0.05, 0) is 83.5 Å². The summed E-state index contributed by atoms with van der Waals surface area (Å²) >= 11 is 0. The number of aliphatic hydroxyl groups excluding tert-OH is 2. The Bertz CT molecular complexity index is 1060. The SMILES string of the molecule is CC/C=C\C/C=C\C/C=C\C/C=C\C/C=C\C/C=C\C/C=C\CCCCCCCCCCCCCC(=O)NC(CO)C(O)/C=C/CC/C=C/CCCC. The lowest BCUT2D eigenvalue weighted by Gasteiger charge is -2.19. The number of aliphatic hydroxyl groups is 2. The fourth-order valence-corrected chi connectivity index (χ4v) is 5.69. The van der Waals surface area contributed by atoms with Crippen LogP contribution in [0, 0.1) is 0 Å². The summed E-state index contributed by atoms with van der Waals surface area (Å²) in [4.78, 5) is 12.3. The lowest BCUT2D eigenvalue weighted by Crippen LogP contribution is -2.45. The molecule has 0 saturated carbocycles. The van der Waals surface area contributed by atoms with Crippen molar-refractivity contribution in [3.63, 3.8) is 0 Å². The van der Waals surface area contributed by atoms with E-state index in [2.05, 4.69) is 116 Å². The van der Waals surface area contributed by atoms with E-state index in [4.69, 9.17) is 0 Å². The molecule has 0 fully saturated rings. The number of hydrogen-bond acceptors (Lipinski definition) is 3. The van der Waals surface area contributed by atoms with Crippen LogP contribution in [0.5, 0.6) is 0 Å². The van der Waals surface area contributed by atoms with Crippen molar-refractivity contribution in [1.82, 2.24) is 5.32 Å². The van der Waals surface area contributed by atoms with Crippen LogP contribution in [0.3, 0.4) is 0 Å². The molecule has 300 valence electrons. The summed E-state index contributed by atoms with van der Waals surface area (Å²) in [6.45, 7) is 4.09. The zero-order valence-electron chi connectivity index (χ0n) is 34.2. The van der Waals surface area contributed by atoms with Gasteiger partial charge >= 0.3 is 0 Å². The van der Waals surface area contributed by atoms with E-state index in [0.717, 1.165) is 77.0 Å². The van der Waals surface area contributed by atoms with Crippen molar-refractivity contribution in [2.75, 3.05) is 6.61 Å². The van der Waals surface area contributed by atoms with Crippen molar-refractivity contribution in [1.29, 1.82) is 0 Å². The highest BCUT2D eigenvalue weighted by Gasteiger charge is 2.17. The average molecular weight is 732 g/mol. The number of carbonyl (C=O) groups is 1. The molecular formula is C49H81NO3. The first-order valence-corrected chi connectivity index (χ1v) is 21.6. The van der Waals surface area contributed by atoms with Crippen LogP contribution in [0.15, 0.2) is 109 Å². The molecule has 2 unspecified atom stereocenters. The Labute approximate surface area is 327 Å². The Balaban J connectivity index is 3.58. The number of nitrogens with one attached hydrogen (secondary N) is 1. The second-order valence-corrected chi connectivity index (χ2v) is 14.0. The second-order valence-electron chi connectivity index (χ2n) is 14.0. The Morgan fingerprint density at radius 3 is 1.32 bits per heavy atom. The van der Waals surface area contributed by atoms with Crippen molar-refractivity contribution in [2.24, 2.45) is 0 Å². The van der Waals surface area contributed by atoms with Crippen LogP contribution in [0.1, 0.15) is 174 Å². The molecule has 0 aromatic carbocycles. The van der Waals surface area contributed by atoms with Crippen molar-refractivity contribution < 1.29 is 15.0 Å². The highest BCUT2D eigenvalue weighted by Crippen LogP contribution is 2.13. The molecular weight excluding hydrogens is 651 g/mol. The maximum atomic E-state index is 12.3. The summed E-state index contributed by atoms with van der Waals surface area (Å²) in [5.74, 6) is -0.0873. The Morgan fingerprint density at radius 2 is 0.849 bits per heavy atom. The number of carbonyl (C=O) groups excluding carboxylic acids is 1. The molecule has 3 N–H and O–H groups in total. The third-order valence-electron chi connectivity index (χ3n) is 8.99. The highest BCUT2D eigenvalue weighted by atomic mass is 16.3. The fourth-order valence-electron chi connectivity index (χ4n) is 5.69. The average Bonchev–Trinajstić information content (AvgIpc) is 3.16. The van der Waals surface area contributed by atoms with Crippen LogP contribution in [0.2, 0.25) is 0 Å². The zero-order valence-corrected chi connectivity index (χ0v) is 34.2. The van der Waals surface area contributed by atoms with Gasteiger partial charge in [-0.25, -0.2) is 0 Å². The maximum absolute atomic E-state index is 12.3. The first-order valence-electron chi connectivity index (χ1n) is 21.6. The van der Waals surface area contributed by atoms with E-state index in [1.54, 1.807) is 6.08 Å². The molecule has 4 nitrogen and oxygen atoms in total. The molecule has 0 aromatic rings. The molecule has 0 spiro atoms. The zero-order chi connectivity index (χ0) is 38.6. The van der Waals surface area contributed by atoms with Crippen LogP contribution in [-0.2, 0) is 4.79 Å². The van der Waals surface area contributed by atoms with Crippen molar-refractivity contribution in [3.05, 3.63) is 109 Å². The van der Waals surface area contributed by atoms with E-state index >= 15 is 0 Å². The van der Waals surface area contributed by atoms with Gasteiger partial charge in [0.15, 0.2) is 0 Å². The van der Waals surface area contributed by atoms with Crippen LogP contribution >= 0.6 is 0 Å². The van der Waals surface area contributed by atoms with Crippen LogP contribution < -0.4 is 5.32 Å². The molecule has 0 bridgehead atoms. The van der Waals surface area contributed by atoms with Gasteiger partial charge in [-0.1, -0.05) is 194 Å². The van der Waals surface area contributed by atoms with E-state index < -0.39 is 12.1 Å². The van der Waals surface area contributed by atoms with Gasteiger partial charge in [0, 0.05) is 6.42 Å². The number of amides is 1. The van der Waals surface area contributed by atoms with Gasteiger partial charge in [0.2, 0.25) is 5.91 Å². The monoisotopic (exact) mass is 732 g/mol. The molecule has 2 atom stereocenters. The summed E-state index contributed by atoms with van der Waals surface area (Å²) in [7, 11) is 0. The predicted molar refractivity (Wildman–Crippen MR) is 234 cm³/mol. The number of hydrogen-bond donors (Lipinski definition) is 3. The van der Waals surface area contributed by atoms with E-state index in [-0.39, 0.29) is 12.5 Å². The van der Waals surface area contributed by atoms with Gasteiger partial charge in [0.05, 0.1) is 18.8 Å². The van der Waals surface area contributed by atoms with Crippen LogP contribution in [-0.4, -0.2) is 34.9 Å². The van der Waals surface area contributed by atoms with Gasteiger partial charge in [-0.15, -0.1) is 0 Å². The van der Waals surface area contributed by atoms with E-state index in [1.807, 2.05) is 6.08 Å². The first-order chi connectivity index (χ1) is 26.2. The lowest BCUT2D eigenvalue weighted by molar-refractivity contribution is -0.123.